The van der Waals surface area contributed by atoms with Crippen molar-refractivity contribution in [2.75, 3.05) is 18.5 Å². The Bertz CT molecular complexity index is 346. The minimum Gasteiger partial charge on any atom is -0.462 e. The van der Waals surface area contributed by atoms with Crippen molar-refractivity contribution in [1.82, 2.24) is 0 Å². The summed E-state index contributed by atoms with van der Waals surface area (Å²) >= 11 is 0. The monoisotopic (exact) mass is 219 g/mol. The second-order valence-electron chi connectivity index (χ2n) is 3.56. The second kappa shape index (κ2) is 6.67. The standard InChI is InChI=1S/C13H17NO2/c1-11(2)13(15)16-10-6-9-14-12-7-4-3-5-8-12/h3-5,7-8,14H,1,6,9-10H2,2H3. The third kappa shape index (κ3) is 4.64. The molecule has 0 fully saturated rings. The lowest BCUT2D eigenvalue weighted by Crippen LogP contribution is -2.10. The van der Waals surface area contributed by atoms with Crippen LogP contribution in [0.1, 0.15) is 13.3 Å². The molecule has 0 spiro atoms. The van der Waals surface area contributed by atoms with Crippen molar-refractivity contribution in [3.8, 4) is 0 Å². The molecular weight excluding hydrogens is 202 g/mol. The number of para-hydroxylation sites is 1. The van der Waals surface area contributed by atoms with E-state index in [0.717, 1.165) is 18.7 Å². The van der Waals surface area contributed by atoms with Gasteiger partial charge in [0.1, 0.15) is 0 Å². The number of esters is 1. The Hall–Kier alpha value is -1.77. The number of hydrogen-bond donors (Lipinski definition) is 1. The lowest BCUT2D eigenvalue weighted by Gasteiger charge is -2.06. The van der Waals surface area contributed by atoms with E-state index in [1.165, 1.54) is 0 Å². The van der Waals surface area contributed by atoms with Crippen molar-refractivity contribution in [3.63, 3.8) is 0 Å². The molecule has 1 N–H and O–H groups in total. The molecule has 86 valence electrons. The molecule has 0 aliphatic heterocycles. The number of anilines is 1. The lowest BCUT2D eigenvalue weighted by atomic mass is 10.3. The molecule has 1 rings (SSSR count). The van der Waals surface area contributed by atoms with Crippen molar-refractivity contribution in [1.29, 1.82) is 0 Å². The molecule has 16 heavy (non-hydrogen) atoms. The van der Waals surface area contributed by atoms with E-state index in [2.05, 4.69) is 11.9 Å². The largest absolute Gasteiger partial charge is 0.462 e. The van der Waals surface area contributed by atoms with Gasteiger partial charge in [-0.2, -0.15) is 0 Å². The predicted octanol–water partition coefficient (Wildman–Crippen LogP) is 2.61. The second-order valence-corrected chi connectivity index (χ2v) is 3.56. The lowest BCUT2D eigenvalue weighted by molar-refractivity contribution is -0.138. The number of rotatable bonds is 6. The van der Waals surface area contributed by atoms with Crippen LogP contribution in [0.25, 0.3) is 0 Å². The van der Waals surface area contributed by atoms with E-state index >= 15 is 0 Å². The smallest absolute Gasteiger partial charge is 0.333 e. The number of hydrogen-bond acceptors (Lipinski definition) is 3. The van der Waals surface area contributed by atoms with Gasteiger partial charge in [-0.1, -0.05) is 24.8 Å². The number of nitrogens with one attached hydrogen (secondary N) is 1. The molecular formula is C13H17NO2. The highest BCUT2D eigenvalue weighted by molar-refractivity contribution is 5.86. The maximum atomic E-state index is 11.0. The van der Waals surface area contributed by atoms with Gasteiger partial charge in [0, 0.05) is 17.8 Å². The number of ether oxygens (including phenoxy) is 1. The number of carbonyl (C=O) groups excluding carboxylic acids is 1. The Labute approximate surface area is 96.1 Å². The molecule has 0 saturated carbocycles. The summed E-state index contributed by atoms with van der Waals surface area (Å²) in [6.45, 7) is 6.36. The molecule has 3 heteroatoms. The van der Waals surface area contributed by atoms with Gasteiger partial charge in [-0.25, -0.2) is 4.79 Å². The fourth-order valence-corrected chi connectivity index (χ4v) is 1.15. The molecule has 1 aromatic rings. The van der Waals surface area contributed by atoms with Crippen molar-refractivity contribution < 1.29 is 9.53 Å². The summed E-state index contributed by atoms with van der Waals surface area (Å²) in [4.78, 5) is 11.0. The van der Waals surface area contributed by atoms with Crippen LogP contribution in [0.15, 0.2) is 42.5 Å². The highest BCUT2D eigenvalue weighted by atomic mass is 16.5. The first-order chi connectivity index (χ1) is 7.70. The normalized spacial score (nSPS) is 9.56. The Morgan fingerprint density at radius 2 is 2.06 bits per heavy atom. The molecule has 0 aromatic heterocycles. The van der Waals surface area contributed by atoms with Gasteiger partial charge in [-0.05, 0) is 25.5 Å². The fraction of sp³-hybridized carbons (Fsp3) is 0.308. The van der Waals surface area contributed by atoms with Crippen LogP contribution in [-0.4, -0.2) is 19.1 Å². The first-order valence-electron chi connectivity index (χ1n) is 5.31. The minimum absolute atomic E-state index is 0.320. The highest BCUT2D eigenvalue weighted by Crippen LogP contribution is 2.04. The molecule has 0 saturated heterocycles. The summed E-state index contributed by atoms with van der Waals surface area (Å²) in [5.41, 5.74) is 1.52. The molecule has 0 aliphatic carbocycles. The molecule has 0 aliphatic rings. The summed E-state index contributed by atoms with van der Waals surface area (Å²) in [7, 11) is 0. The Kier molecular flexibility index (Phi) is 5.12. The van der Waals surface area contributed by atoms with Crippen LogP contribution in [0.3, 0.4) is 0 Å². The average molecular weight is 219 g/mol. The highest BCUT2D eigenvalue weighted by Gasteiger charge is 2.01. The average Bonchev–Trinajstić information content (AvgIpc) is 2.29. The van der Waals surface area contributed by atoms with E-state index in [-0.39, 0.29) is 5.97 Å². The molecule has 0 amide bonds. The van der Waals surface area contributed by atoms with E-state index in [0.29, 0.717) is 12.2 Å². The zero-order chi connectivity index (χ0) is 11.8. The van der Waals surface area contributed by atoms with E-state index in [9.17, 15) is 4.79 Å². The van der Waals surface area contributed by atoms with Crippen LogP contribution in [-0.2, 0) is 9.53 Å². The number of benzene rings is 1. The Balaban J connectivity index is 2.09. The van der Waals surface area contributed by atoms with Gasteiger partial charge in [-0.15, -0.1) is 0 Å². The third-order valence-corrected chi connectivity index (χ3v) is 2.01. The summed E-state index contributed by atoms with van der Waals surface area (Å²) < 4.78 is 4.96. The van der Waals surface area contributed by atoms with E-state index < -0.39 is 0 Å². The zero-order valence-electron chi connectivity index (χ0n) is 9.53. The van der Waals surface area contributed by atoms with Gasteiger partial charge >= 0.3 is 5.97 Å². The molecule has 3 nitrogen and oxygen atoms in total. The molecule has 0 bridgehead atoms. The van der Waals surface area contributed by atoms with Gasteiger partial charge in [0.15, 0.2) is 0 Å². The first-order valence-corrected chi connectivity index (χ1v) is 5.31. The van der Waals surface area contributed by atoms with Crippen molar-refractivity contribution in [3.05, 3.63) is 42.5 Å². The van der Waals surface area contributed by atoms with Crippen molar-refractivity contribution in [2.24, 2.45) is 0 Å². The summed E-state index contributed by atoms with van der Waals surface area (Å²) in [6, 6.07) is 9.92. The molecule has 0 radical (unpaired) electrons. The minimum atomic E-state index is -0.320. The number of carbonyl (C=O) groups is 1. The van der Waals surface area contributed by atoms with Crippen LogP contribution in [0, 0.1) is 0 Å². The van der Waals surface area contributed by atoms with Gasteiger partial charge in [0.2, 0.25) is 0 Å². The van der Waals surface area contributed by atoms with Gasteiger partial charge in [0.25, 0.3) is 0 Å². The van der Waals surface area contributed by atoms with Crippen LogP contribution in [0.5, 0.6) is 0 Å². The fourth-order valence-electron chi connectivity index (χ4n) is 1.15. The van der Waals surface area contributed by atoms with Crippen LogP contribution in [0.2, 0.25) is 0 Å². The molecule has 0 atom stereocenters. The molecule has 0 unspecified atom stereocenters. The first kappa shape index (κ1) is 12.3. The van der Waals surface area contributed by atoms with Crippen molar-refractivity contribution >= 4 is 11.7 Å². The van der Waals surface area contributed by atoms with E-state index in [1.807, 2.05) is 30.3 Å². The maximum absolute atomic E-state index is 11.0. The maximum Gasteiger partial charge on any atom is 0.333 e. The Morgan fingerprint density at radius 1 is 1.38 bits per heavy atom. The van der Waals surface area contributed by atoms with Crippen LogP contribution < -0.4 is 5.32 Å². The predicted molar refractivity (Wildman–Crippen MR) is 65.3 cm³/mol. The van der Waals surface area contributed by atoms with E-state index in [1.54, 1.807) is 6.92 Å². The summed E-state index contributed by atoms with van der Waals surface area (Å²) in [6.07, 6.45) is 0.786. The van der Waals surface area contributed by atoms with Gasteiger partial charge in [0.05, 0.1) is 6.61 Å². The zero-order valence-corrected chi connectivity index (χ0v) is 9.53. The van der Waals surface area contributed by atoms with Crippen molar-refractivity contribution in [2.45, 2.75) is 13.3 Å². The molecule has 0 heterocycles. The molecule has 1 aromatic carbocycles. The summed E-state index contributed by atoms with van der Waals surface area (Å²) in [5, 5.41) is 3.23. The topological polar surface area (TPSA) is 38.3 Å². The van der Waals surface area contributed by atoms with Crippen LogP contribution in [0.4, 0.5) is 5.69 Å². The third-order valence-electron chi connectivity index (χ3n) is 2.01. The Morgan fingerprint density at radius 3 is 2.69 bits per heavy atom. The van der Waals surface area contributed by atoms with Gasteiger partial charge < -0.3 is 10.1 Å². The summed E-state index contributed by atoms with van der Waals surface area (Å²) in [5.74, 6) is -0.320. The van der Waals surface area contributed by atoms with Gasteiger partial charge in [-0.3, -0.25) is 0 Å². The quantitative estimate of drug-likeness (QED) is 0.454. The van der Waals surface area contributed by atoms with Crippen LogP contribution >= 0.6 is 0 Å². The SMILES string of the molecule is C=C(C)C(=O)OCCCNc1ccccc1. The van der Waals surface area contributed by atoms with E-state index in [4.69, 9.17) is 4.74 Å².